The third kappa shape index (κ3) is 1.12. The summed E-state index contributed by atoms with van der Waals surface area (Å²) in [6.45, 7) is 1.83. The third-order valence-corrected chi connectivity index (χ3v) is 3.10. The second-order valence-electron chi connectivity index (χ2n) is 4.00. The van der Waals surface area contributed by atoms with Crippen molar-refractivity contribution in [2.75, 3.05) is 13.1 Å². The highest BCUT2D eigenvalue weighted by molar-refractivity contribution is 5.37. The molecule has 1 saturated heterocycles. The molecule has 2 nitrogen and oxygen atoms in total. The van der Waals surface area contributed by atoms with Gasteiger partial charge in [0, 0.05) is 24.6 Å². The fourth-order valence-corrected chi connectivity index (χ4v) is 2.32. The summed E-state index contributed by atoms with van der Waals surface area (Å²) < 4.78 is 19.2. The molecule has 2 aliphatic heterocycles. The minimum atomic E-state index is -0.132. The molecule has 14 heavy (non-hydrogen) atoms. The maximum absolute atomic E-state index is 13.4. The lowest BCUT2D eigenvalue weighted by Crippen LogP contribution is -2.32. The van der Waals surface area contributed by atoms with Gasteiger partial charge in [0.15, 0.2) is 0 Å². The van der Waals surface area contributed by atoms with Gasteiger partial charge in [0.2, 0.25) is 0 Å². The van der Waals surface area contributed by atoms with Gasteiger partial charge in [-0.1, -0.05) is 6.07 Å². The van der Waals surface area contributed by atoms with Crippen molar-refractivity contribution in [2.45, 2.75) is 12.5 Å². The van der Waals surface area contributed by atoms with Crippen LogP contribution < -0.4 is 10.1 Å². The summed E-state index contributed by atoms with van der Waals surface area (Å²) in [5.41, 5.74) is 0.748. The van der Waals surface area contributed by atoms with E-state index in [0.717, 1.165) is 30.8 Å². The lowest BCUT2D eigenvalue weighted by Gasteiger charge is -2.28. The van der Waals surface area contributed by atoms with Gasteiger partial charge < -0.3 is 10.1 Å². The molecule has 74 valence electrons. The number of fused-ring (bicyclic) bond motifs is 2. The first-order chi connectivity index (χ1) is 6.84. The Hall–Kier alpha value is -1.09. The Morgan fingerprint density at radius 3 is 3.21 bits per heavy atom. The lowest BCUT2D eigenvalue weighted by atomic mass is 9.93. The highest BCUT2D eigenvalue weighted by Gasteiger charge is 2.34. The molecule has 1 N–H and O–H groups in total. The van der Waals surface area contributed by atoms with E-state index in [1.165, 1.54) is 6.07 Å². The van der Waals surface area contributed by atoms with Crippen molar-refractivity contribution in [3.8, 4) is 5.75 Å². The number of benzene rings is 1. The summed E-state index contributed by atoms with van der Waals surface area (Å²) in [5.74, 6) is 1.04. The van der Waals surface area contributed by atoms with Crippen LogP contribution in [0.3, 0.4) is 0 Å². The van der Waals surface area contributed by atoms with Crippen molar-refractivity contribution < 1.29 is 9.13 Å². The fourth-order valence-electron chi connectivity index (χ4n) is 2.32. The van der Waals surface area contributed by atoms with Gasteiger partial charge in [0.05, 0.1) is 0 Å². The number of hydrogen-bond acceptors (Lipinski definition) is 2. The Bertz CT molecular complexity index is 366. The van der Waals surface area contributed by atoms with Gasteiger partial charge in [0.25, 0.3) is 0 Å². The second kappa shape index (κ2) is 2.95. The Labute approximate surface area is 82.1 Å². The lowest BCUT2D eigenvalue weighted by molar-refractivity contribution is 0.150. The first kappa shape index (κ1) is 8.24. The molecule has 2 heterocycles. The SMILES string of the molecule is Fc1cccc2c1CC1CNCC1O2. The quantitative estimate of drug-likeness (QED) is 0.671. The molecule has 0 spiro atoms. The van der Waals surface area contributed by atoms with Crippen LogP contribution in [0.25, 0.3) is 0 Å². The zero-order valence-corrected chi connectivity index (χ0v) is 7.79. The normalized spacial score (nSPS) is 29.2. The Morgan fingerprint density at radius 1 is 1.36 bits per heavy atom. The number of ether oxygens (including phenoxy) is 1. The Balaban J connectivity index is 2.01. The largest absolute Gasteiger partial charge is 0.488 e. The minimum Gasteiger partial charge on any atom is -0.488 e. The maximum Gasteiger partial charge on any atom is 0.130 e. The molecular formula is C11H12FNO. The zero-order valence-electron chi connectivity index (χ0n) is 7.79. The Morgan fingerprint density at radius 2 is 2.29 bits per heavy atom. The summed E-state index contributed by atoms with van der Waals surface area (Å²) in [4.78, 5) is 0. The van der Waals surface area contributed by atoms with E-state index in [-0.39, 0.29) is 11.9 Å². The molecule has 2 atom stereocenters. The average Bonchev–Trinajstić information content (AvgIpc) is 2.62. The van der Waals surface area contributed by atoms with E-state index in [2.05, 4.69) is 5.32 Å². The highest BCUT2D eigenvalue weighted by atomic mass is 19.1. The zero-order chi connectivity index (χ0) is 9.54. The molecule has 3 heteroatoms. The standard InChI is InChI=1S/C11H12FNO/c12-9-2-1-3-10-8(9)4-7-5-13-6-11(7)14-10/h1-3,7,11,13H,4-6H2. The topological polar surface area (TPSA) is 21.3 Å². The summed E-state index contributed by atoms with van der Waals surface area (Å²) in [5, 5.41) is 3.27. The number of halogens is 1. The van der Waals surface area contributed by atoms with Gasteiger partial charge in [-0.05, 0) is 18.6 Å². The summed E-state index contributed by atoms with van der Waals surface area (Å²) in [6, 6.07) is 5.06. The van der Waals surface area contributed by atoms with Crippen molar-refractivity contribution in [3.05, 3.63) is 29.6 Å². The molecule has 0 radical (unpaired) electrons. The maximum atomic E-state index is 13.4. The van der Waals surface area contributed by atoms with Crippen LogP contribution in [0, 0.1) is 11.7 Å². The summed E-state index contributed by atoms with van der Waals surface area (Å²) in [6.07, 6.45) is 1.05. The van der Waals surface area contributed by atoms with E-state index in [4.69, 9.17) is 4.74 Å². The molecule has 0 aromatic heterocycles. The van der Waals surface area contributed by atoms with Gasteiger partial charge in [-0.3, -0.25) is 0 Å². The van der Waals surface area contributed by atoms with Crippen LogP contribution in [0.5, 0.6) is 5.75 Å². The average molecular weight is 193 g/mol. The van der Waals surface area contributed by atoms with Crippen LogP contribution in [-0.4, -0.2) is 19.2 Å². The monoisotopic (exact) mass is 193 g/mol. The molecule has 0 bridgehead atoms. The Kier molecular flexibility index (Phi) is 1.74. The van der Waals surface area contributed by atoms with Crippen LogP contribution in [-0.2, 0) is 6.42 Å². The molecule has 0 saturated carbocycles. The van der Waals surface area contributed by atoms with Gasteiger partial charge in [-0.15, -0.1) is 0 Å². The number of rotatable bonds is 0. The third-order valence-electron chi connectivity index (χ3n) is 3.10. The van der Waals surface area contributed by atoms with Gasteiger partial charge in [-0.2, -0.15) is 0 Å². The first-order valence-electron chi connectivity index (χ1n) is 4.99. The second-order valence-corrected chi connectivity index (χ2v) is 4.00. The van der Waals surface area contributed by atoms with Crippen LogP contribution in [0.1, 0.15) is 5.56 Å². The molecule has 2 aliphatic rings. The van der Waals surface area contributed by atoms with Crippen molar-refractivity contribution in [1.82, 2.24) is 5.32 Å². The van der Waals surface area contributed by atoms with Crippen LogP contribution >= 0.6 is 0 Å². The predicted octanol–water partition coefficient (Wildman–Crippen LogP) is 1.35. The molecule has 0 amide bonds. The van der Waals surface area contributed by atoms with E-state index in [0.29, 0.717) is 5.92 Å². The molecule has 1 aromatic carbocycles. The smallest absolute Gasteiger partial charge is 0.130 e. The molecule has 3 rings (SSSR count). The van der Waals surface area contributed by atoms with Crippen molar-refractivity contribution in [3.63, 3.8) is 0 Å². The van der Waals surface area contributed by atoms with Crippen LogP contribution in [0.15, 0.2) is 18.2 Å². The minimum absolute atomic E-state index is 0.132. The van der Waals surface area contributed by atoms with Crippen molar-refractivity contribution in [2.24, 2.45) is 5.92 Å². The molecular weight excluding hydrogens is 181 g/mol. The highest BCUT2D eigenvalue weighted by Crippen LogP contribution is 2.33. The number of nitrogens with one attached hydrogen (secondary N) is 1. The summed E-state index contributed by atoms with van der Waals surface area (Å²) in [7, 11) is 0. The fraction of sp³-hybridized carbons (Fsp3) is 0.455. The van der Waals surface area contributed by atoms with Crippen molar-refractivity contribution in [1.29, 1.82) is 0 Å². The van der Waals surface area contributed by atoms with E-state index >= 15 is 0 Å². The van der Waals surface area contributed by atoms with Crippen molar-refractivity contribution >= 4 is 0 Å². The van der Waals surface area contributed by atoms with E-state index in [1.54, 1.807) is 6.07 Å². The van der Waals surface area contributed by atoms with Gasteiger partial charge in [-0.25, -0.2) is 4.39 Å². The predicted molar refractivity (Wildman–Crippen MR) is 50.9 cm³/mol. The van der Waals surface area contributed by atoms with Gasteiger partial charge in [0.1, 0.15) is 17.7 Å². The first-order valence-corrected chi connectivity index (χ1v) is 4.99. The number of hydrogen-bond donors (Lipinski definition) is 1. The molecule has 1 aromatic rings. The van der Waals surface area contributed by atoms with E-state index in [1.807, 2.05) is 6.07 Å². The van der Waals surface area contributed by atoms with Gasteiger partial charge >= 0.3 is 0 Å². The molecule has 2 unspecified atom stereocenters. The van der Waals surface area contributed by atoms with E-state index < -0.39 is 0 Å². The van der Waals surface area contributed by atoms with Crippen LogP contribution in [0.2, 0.25) is 0 Å². The molecule has 0 aliphatic carbocycles. The summed E-state index contributed by atoms with van der Waals surface area (Å²) >= 11 is 0. The molecule has 1 fully saturated rings. The van der Waals surface area contributed by atoms with Crippen LogP contribution in [0.4, 0.5) is 4.39 Å². The van der Waals surface area contributed by atoms with E-state index in [9.17, 15) is 4.39 Å².